The van der Waals surface area contributed by atoms with Crippen LogP contribution in [0.25, 0.3) is 22.5 Å². The van der Waals surface area contributed by atoms with E-state index in [-0.39, 0.29) is 11.9 Å². The summed E-state index contributed by atoms with van der Waals surface area (Å²) in [7, 11) is 0. The first-order valence-electron chi connectivity index (χ1n) is 13.5. The van der Waals surface area contributed by atoms with Gasteiger partial charge in [0.2, 0.25) is 0 Å². The van der Waals surface area contributed by atoms with E-state index in [0.717, 1.165) is 57.7 Å². The van der Waals surface area contributed by atoms with E-state index in [2.05, 4.69) is 79.9 Å². The van der Waals surface area contributed by atoms with Crippen LogP contribution in [0.2, 0.25) is 0 Å². The monoisotopic (exact) mass is 519 g/mol. The van der Waals surface area contributed by atoms with Gasteiger partial charge < -0.3 is 4.57 Å². The van der Waals surface area contributed by atoms with E-state index in [9.17, 15) is 4.79 Å². The Morgan fingerprint density at radius 1 is 0.895 bits per heavy atom. The average Bonchev–Trinajstić information content (AvgIpc) is 3.38. The van der Waals surface area contributed by atoms with Crippen molar-refractivity contribution in [3.05, 3.63) is 101 Å². The van der Waals surface area contributed by atoms with Crippen molar-refractivity contribution in [2.24, 2.45) is 10.9 Å². The Hall–Kier alpha value is -3.57. The van der Waals surface area contributed by atoms with Crippen molar-refractivity contribution in [2.45, 2.75) is 52.5 Å². The zero-order valence-corrected chi connectivity index (χ0v) is 23.0. The van der Waals surface area contributed by atoms with E-state index in [1.807, 2.05) is 35.2 Å². The molecule has 1 aromatic heterocycles. The highest BCUT2D eigenvalue weighted by Gasteiger charge is 2.41. The molecule has 1 aliphatic heterocycles. The second kappa shape index (κ2) is 10.3. The van der Waals surface area contributed by atoms with Gasteiger partial charge in [-0.3, -0.25) is 9.69 Å². The molecule has 4 aromatic rings. The number of nitrogens with zero attached hydrogens (tertiary/aromatic N) is 3. The molecule has 0 bridgehead atoms. The zero-order valence-electron chi connectivity index (χ0n) is 22.2. The first-order valence-corrected chi connectivity index (χ1v) is 14.4. The van der Waals surface area contributed by atoms with Crippen LogP contribution in [0.4, 0.5) is 5.69 Å². The minimum absolute atomic E-state index is 0.0824. The highest BCUT2D eigenvalue weighted by molar-refractivity contribution is 8.18. The molecule has 38 heavy (non-hydrogen) atoms. The number of aliphatic imine (C=N–C) groups is 1. The van der Waals surface area contributed by atoms with Gasteiger partial charge >= 0.3 is 0 Å². The topological polar surface area (TPSA) is 37.6 Å². The lowest BCUT2D eigenvalue weighted by Crippen LogP contribution is -2.44. The standard InChI is InChI=1S/C33H33N3OS/c1-22-11-7-10-16-30(22)36-32(37)31(38-33(36)34-28-14-5-4-6-15-28)21-27-19-23(2)35(24(27)3)29-18-17-25-12-8-9-13-26(25)20-29/h4-6,8-9,12-15,17-22,30H,7,10-11,16H2,1-3H3/b31-21-,34-33?/t22-,30+/m1/s1. The lowest BCUT2D eigenvalue weighted by molar-refractivity contribution is -0.124. The minimum Gasteiger partial charge on any atom is -0.318 e. The van der Waals surface area contributed by atoms with Crippen LogP contribution < -0.4 is 0 Å². The SMILES string of the molecule is Cc1cc(/C=C2\SC(=Nc3ccccc3)N([C@H]3CCCC[C@H]3C)C2=O)c(C)n1-c1ccc2ccccc2c1. The number of benzene rings is 3. The third kappa shape index (κ3) is 4.60. The molecule has 2 atom stereocenters. The van der Waals surface area contributed by atoms with Crippen molar-refractivity contribution in [1.29, 1.82) is 0 Å². The van der Waals surface area contributed by atoms with E-state index in [4.69, 9.17) is 4.99 Å². The number of fused-ring (bicyclic) bond motifs is 1. The van der Waals surface area contributed by atoms with Crippen molar-refractivity contribution < 1.29 is 4.79 Å². The number of aryl methyl sites for hydroxylation is 1. The highest BCUT2D eigenvalue weighted by Crippen LogP contribution is 2.40. The first-order chi connectivity index (χ1) is 18.5. The lowest BCUT2D eigenvalue weighted by Gasteiger charge is -2.35. The fourth-order valence-corrected chi connectivity index (χ4v) is 6.97. The number of carbonyl (C=O) groups excluding carboxylic acids is 1. The van der Waals surface area contributed by atoms with Crippen LogP contribution in [-0.2, 0) is 4.79 Å². The Balaban J connectivity index is 1.39. The van der Waals surface area contributed by atoms with Gasteiger partial charge in [0.05, 0.1) is 10.6 Å². The second-order valence-electron chi connectivity index (χ2n) is 10.5. The van der Waals surface area contributed by atoms with Crippen LogP contribution >= 0.6 is 11.8 Å². The van der Waals surface area contributed by atoms with Crippen molar-refractivity contribution in [3.8, 4) is 5.69 Å². The van der Waals surface area contributed by atoms with Crippen LogP contribution in [0.3, 0.4) is 0 Å². The lowest BCUT2D eigenvalue weighted by atomic mass is 9.85. The third-order valence-corrected chi connectivity index (χ3v) is 8.95. The second-order valence-corrected chi connectivity index (χ2v) is 11.5. The summed E-state index contributed by atoms with van der Waals surface area (Å²) >= 11 is 1.51. The highest BCUT2D eigenvalue weighted by atomic mass is 32.2. The van der Waals surface area contributed by atoms with Gasteiger partial charge in [-0.15, -0.1) is 0 Å². The van der Waals surface area contributed by atoms with Crippen molar-refractivity contribution >= 4 is 45.4 Å². The van der Waals surface area contributed by atoms with Gasteiger partial charge in [-0.2, -0.15) is 0 Å². The number of rotatable bonds is 4. The van der Waals surface area contributed by atoms with Crippen LogP contribution in [-0.4, -0.2) is 26.6 Å². The quantitative estimate of drug-likeness (QED) is 0.254. The molecule has 2 fully saturated rings. The number of amidine groups is 1. The molecule has 0 N–H and O–H groups in total. The maximum atomic E-state index is 13.9. The normalized spacial score (nSPS) is 22.2. The van der Waals surface area contributed by atoms with Crippen LogP contribution in [0, 0.1) is 19.8 Å². The van der Waals surface area contributed by atoms with Gasteiger partial charge in [0.15, 0.2) is 5.17 Å². The maximum absolute atomic E-state index is 13.9. The van der Waals surface area contributed by atoms with E-state index in [0.29, 0.717) is 5.92 Å². The van der Waals surface area contributed by atoms with Gasteiger partial charge in [-0.05, 0) is 97.1 Å². The molecule has 5 heteroatoms. The molecule has 2 heterocycles. The summed E-state index contributed by atoms with van der Waals surface area (Å²) in [6.45, 7) is 6.55. The molecule has 3 aromatic carbocycles. The summed E-state index contributed by atoms with van der Waals surface area (Å²) in [5.74, 6) is 0.547. The summed E-state index contributed by atoms with van der Waals surface area (Å²) < 4.78 is 2.28. The van der Waals surface area contributed by atoms with E-state index in [1.165, 1.54) is 29.0 Å². The molecule has 192 valence electrons. The molecule has 1 saturated heterocycles. The summed E-state index contributed by atoms with van der Waals surface area (Å²) in [6, 6.07) is 27.4. The molecule has 1 saturated carbocycles. The summed E-state index contributed by atoms with van der Waals surface area (Å²) in [4.78, 5) is 21.6. The van der Waals surface area contributed by atoms with Crippen molar-refractivity contribution in [3.63, 3.8) is 0 Å². The molecule has 0 radical (unpaired) electrons. The molecule has 1 amide bonds. The van der Waals surface area contributed by atoms with Gasteiger partial charge in [0.25, 0.3) is 5.91 Å². The number of amides is 1. The summed E-state index contributed by atoms with van der Waals surface area (Å²) in [6.07, 6.45) is 6.66. The van der Waals surface area contributed by atoms with E-state index in [1.54, 1.807) is 0 Å². The molecule has 2 aliphatic rings. The fraction of sp³-hybridized carbons (Fsp3) is 0.273. The molecule has 6 rings (SSSR count). The Labute approximate surface area is 229 Å². The number of aromatic nitrogens is 1. The summed E-state index contributed by atoms with van der Waals surface area (Å²) in [5, 5.41) is 3.25. The maximum Gasteiger partial charge on any atom is 0.267 e. The Morgan fingerprint density at radius 3 is 2.42 bits per heavy atom. The van der Waals surface area contributed by atoms with Gasteiger partial charge in [-0.25, -0.2) is 4.99 Å². The van der Waals surface area contributed by atoms with Crippen LogP contribution in [0.15, 0.2) is 88.8 Å². The van der Waals surface area contributed by atoms with Crippen molar-refractivity contribution in [2.75, 3.05) is 0 Å². The first kappa shape index (κ1) is 24.7. The fourth-order valence-electron chi connectivity index (χ4n) is 5.94. The van der Waals surface area contributed by atoms with E-state index < -0.39 is 0 Å². The molecule has 0 unspecified atom stereocenters. The molecular formula is C33H33N3OS. The van der Waals surface area contributed by atoms with Gasteiger partial charge in [0.1, 0.15) is 0 Å². The predicted octanol–water partition coefficient (Wildman–Crippen LogP) is 8.43. The number of carbonyl (C=O) groups is 1. The third-order valence-electron chi connectivity index (χ3n) is 7.96. The average molecular weight is 520 g/mol. The number of para-hydroxylation sites is 1. The molecule has 1 aliphatic carbocycles. The Bertz CT molecular complexity index is 1570. The largest absolute Gasteiger partial charge is 0.318 e. The predicted molar refractivity (Wildman–Crippen MR) is 160 cm³/mol. The number of thioether (sulfide) groups is 1. The smallest absolute Gasteiger partial charge is 0.267 e. The summed E-state index contributed by atoms with van der Waals surface area (Å²) in [5.41, 5.74) is 5.37. The minimum atomic E-state index is 0.0824. The Morgan fingerprint density at radius 2 is 1.63 bits per heavy atom. The number of hydrogen-bond acceptors (Lipinski definition) is 3. The number of hydrogen-bond donors (Lipinski definition) is 0. The molecular weight excluding hydrogens is 486 g/mol. The van der Waals surface area contributed by atoms with Crippen molar-refractivity contribution in [1.82, 2.24) is 9.47 Å². The van der Waals surface area contributed by atoms with Gasteiger partial charge in [0, 0.05) is 23.1 Å². The van der Waals surface area contributed by atoms with E-state index >= 15 is 0 Å². The molecule has 0 spiro atoms. The van der Waals surface area contributed by atoms with Crippen LogP contribution in [0.5, 0.6) is 0 Å². The zero-order chi connectivity index (χ0) is 26.2. The van der Waals surface area contributed by atoms with Crippen LogP contribution in [0.1, 0.15) is 49.6 Å². The molecule has 4 nitrogen and oxygen atoms in total. The Kier molecular flexibility index (Phi) is 6.71. The van der Waals surface area contributed by atoms with Gasteiger partial charge in [-0.1, -0.05) is 68.3 Å².